The Morgan fingerprint density at radius 1 is 0.970 bits per heavy atom. The minimum atomic E-state index is -4.21. The van der Waals surface area contributed by atoms with Crippen LogP contribution in [0.4, 0.5) is 11.4 Å². The SMILES string of the molecule is COc1ccc(N(CC(=O)Nc2c(Cl)cccc2Cl)S(=O)(=O)c2cc(C)ccc2OC)cc1. The number of hydrogen-bond donors (Lipinski definition) is 1. The zero-order valence-electron chi connectivity index (χ0n) is 18.1. The van der Waals surface area contributed by atoms with Gasteiger partial charge in [-0.15, -0.1) is 0 Å². The minimum Gasteiger partial charge on any atom is -0.497 e. The number of nitrogens with one attached hydrogen (secondary N) is 1. The van der Waals surface area contributed by atoms with Gasteiger partial charge in [0.25, 0.3) is 10.0 Å². The Bertz CT molecular complexity index is 1240. The summed E-state index contributed by atoms with van der Waals surface area (Å²) in [5.41, 5.74) is 1.18. The number of para-hydroxylation sites is 1. The highest BCUT2D eigenvalue weighted by atomic mass is 35.5. The van der Waals surface area contributed by atoms with Gasteiger partial charge in [0.15, 0.2) is 0 Å². The maximum absolute atomic E-state index is 13.7. The van der Waals surface area contributed by atoms with Crippen molar-refractivity contribution in [3.63, 3.8) is 0 Å². The van der Waals surface area contributed by atoms with E-state index < -0.39 is 22.5 Å². The van der Waals surface area contributed by atoms with Crippen LogP contribution in [-0.4, -0.2) is 35.1 Å². The van der Waals surface area contributed by atoms with Crippen LogP contribution in [0.1, 0.15) is 5.56 Å². The highest BCUT2D eigenvalue weighted by Gasteiger charge is 2.30. The molecule has 0 spiro atoms. The van der Waals surface area contributed by atoms with Gasteiger partial charge in [-0.3, -0.25) is 9.10 Å². The van der Waals surface area contributed by atoms with Gasteiger partial charge in [0, 0.05) is 0 Å². The van der Waals surface area contributed by atoms with Crippen molar-refractivity contribution in [2.75, 3.05) is 30.4 Å². The van der Waals surface area contributed by atoms with Crippen molar-refractivity contribution in [1.82, 2.24) is 0 Å². The number of amides is 1. The molecule has 0 bridgehead atoms. The lowest BCUT2D eigenvalue weighted by Gasteiger charge is -2.25. The molecule has 0 atom stereocenters. The van der Waals surface area contributed by atoms with Crippen LogP contribution in [0.5, 0.6) is 11.5 Å². The van der Waals surface area contributed by atoms with E-state index in [1.807, 2.05) is 0 Å². The second kappa shape index (κ2) is 10.3. The molecule has 0 radical (unpaired) electrons. The van der Waals surface area contributed by atoms with Crippen LogP contribution >= 0.6 is 23.2 Å². The third-order valence-corrected chi connectivity index (χ3v) is 7.19. The number of carbonyl (C=O) groups excluding carboxylic acids is 1. The number of benzene rings is 3. The first-order valence-electron chi connectivity index (χ1n) is 9.72. The largest absolute Gasteiger partial charge is 0.497 e. The first-order chi connectivity index (χ1) is 15.7. The highest BCUT2D eigenvalue weighted by molar-refractivity contribution is 7.93. The number of rotatable bonds is 8. The van der Waals surface area contributed by atoms with Crippen molar-refractivity contribution in [2.45, 2.75) is 11.8 Å². The minimum absolute atomic E-state index is 0.0654. The summed E-state index contributed by atoms with van der Waals surface area (Å²) in [5, 5.41) is 3.06. The van der Waals surface area contributed by atoms with E-state index in [-0.39, 0.29) is 32.1 Å². The number of aryl methyl sites for hydroxylation is 1. The van der Waals surface area contributed by atoms with Gasteiger partial charge in [-0.1, -0.05) is 35.3 Å². The third kappa shape index (κ3) is 5.52. The lowest BCUT2D eigenvalue weighted by molar-refractivity contribution is -0.114. The number of sulfonamides is 1. The predicted molar refractivity (Wildman–Crippen MR) is 130 cm³/mol. The standard InChI is InChI=1S/C23H22Cl2N2O5S/c1-15-7-12-20(32-3)21(13-15)33(29,30)27(16-8-10-17(31-2)11-9-16)14-22(28)26-23-18(24)5-4-6-19(23)25/h4-13H,14H2,1-3H3,(H,26,28). The fraction of sp³-hybridized carbons (Fsp3) is 0.174. The van der Waals surface area contributed by atoms with Gasteiger partial charge in [-0.2, -0.15) is 0 Å². The molecular weight excluding hydrogens is 487 g/mol. The predicted octanol–water partition coefficient (Wildman–Crippen LogP) is 5.15. The van der Waals surface area contributed by atoms with Crippen LogP contribution in [-0.2, 0) is 14.8 Å². The van der Waals surface area contributed by atoms with Gasteiger partial charge < -0.3 is 14.8 Å². The maximum Gasteiger partial charge on any atom is 0.268 e. The van der Waals surface area contributed by atoms with E-state index >= 15 is 0 Å². The first kappa shape index (κ1) is 24.7. The normalized spacial score (nSPS) is 11.1. The van der Waals surface area contributed by atoms with E-state index in [9.17, 15) is 13.2 Å². The number of anilines is 2. The third-order valence-electron chi connectivity index (χ3n) is 4.76. The molecule has 0 saturated heterocycles. The molecule has 3 rings (SSSR count). The van der Waals surface area contributed by atoms with Crippen LogP contribution < -0.4 is 19.1 Å². The van der Waals surface area contributed by atoms with Gasteiger partial charge in [0.2, 0.25) is 5.91 Å². The number of carbonyl (C=O) groups is 1. The number of nitrogens with zero attached hydrogens (tertiary/aromatic N) is 1. The molecule has 0 aliphatic rings. The second-order valence-electron chi connectivity index (χ2n) is 7.01. The Morgan fingerprint density at radius 3 is 2.18 bits per heavy atom. The van der Waals surface area contributed by atoms with Gasteiger partial charge in [0.1, 0.15) is 22.9 Å². The van der Waals surface area contributed by atoms with E-state index in [4.69, 9.17) is 32.7 Å². The molecule has 3 aromatic rings. The molecule has 33 heavy (non-hydrogen) atoms. The number of halogens is 2. The van der Waals surface area contributed by atoms with Crippen molar-refractivity contribution < 1.29 is 22.7 Å². The maximum atomic E-state index is 13.7. The van der Waals surface area contributed by atoms with E-state index in [0.29, 0.717) is 5.75 Å². The van der Waals surface area contributed by atoms with Crippen molar-refractivity contribution >= 4 is 50.5 Å². The lowest BCUT2D eigenvalue weighted by atomic mass is 10.2. The number of hydrogen-bond acceptors (Lipinski definition) is 5. The Morgan fingerprint density at radius 2 is 1.61 bits per heavy atom. The fourth-order valence-corrected chi connectivity index (χ4v) is 5.25. The van der Waals surface area contributed by atoms with E-state index in [1.165, 1.54) is 20.3 Å². The fourth-order valence-electron chi connectivity index (χ4n) is 3.09. The van der Waals surface area contributed by atoms with Crippen LogP contribution in [0.2, 0.25) is 10.0 Å². The summed E-state index contributed by atoms with van der Waals surface area (Å²) in [6, 6.07) is 15.9. The van der Waals surface area contributed by atoms with E-state index in [1.54, 1.807) is 61.5 Å². The molecule has 0 saturated carbocycles. The van der Waals surface area contributed by atoms with Crippen LogP contribution in [0.25, 0.3) is 0 Å². The molecule has 7 nitrogen and oxygen atoms in total. The Kier molecular flexibility index (Phi) is 7.73. The number of ether oxygens (including phenoxy) is 2. The summed E-state index contributed by atoms with van der Waals surface area (Å²) < 4.78 is 38.9. The average molecular weight is 509 g/mol. The molecule has 10 heteroatoms. The van der Waals surface area contributed by atoms with Crippen LogP contribution in [0.3, 0.4) is 0 Å². The molecule has 1 amide bonds. The first-order valence-corrected chi connectivity index (χ1v) is 11.9. The Hall–Kier alpha value is -2.94. The van der Waals surface area contributed by atoms with Crippen molar-refractivity contribution in [2.24, 2.45) is 0 Å². The Labute approximate surface area is 202 Å². The summed E-state index contributed by atoms with van der Waals surface area (Å²) in [4.78, 5) is 12.9. The monoisotopic (exact) mass is 508 g/mol. The van der Waals surface area contributed by atoms with Gasteiger partial charge >= 0.3 is 0 Å². The average Bonchev–Trinajstić information content (AvgIpc) is 2.80. The van der Waals surface area contributed by atoms with Crippen molar-refractivity contribution in [3.05, 3.63) is 76.3 Å². The van der Waals surface area contributed by atoms with Crippen LogP contribution in [0.15, 0.2) is 65.6 Å². The summed E-state index contributed by atoms with van der Waals surface area (Å²) in [6.45, 7) is 1.23. The van der Waals surface area contributed by atoms with Crippen molar-refractivity contribution in [3.8, 4) is 11.5 Å². The van der Waals surface area contributed by atoms with E-state index in [2.05, 4.69) is 5.32 Å². The quantitative estimate of drug-likeness (QED) is 0.454. The number of methoxy groups -OCH3 is 2. The molecule has 0 fully saturated rings. The molecule has 1 N–H and O–H groups in total. The molecule has 0 aliphatic carbocycles. The van der Waals surface area contributed by atoms with E-state index in [0.717, 1.165) is 9.87 Å². The Balaban J connectivity index is 2.04. The molecule has 174 valence electrons. The van der Waals surface area contributed by atoms with Crippen LogP contribution in [0, 0.1) is 6.92 Å². The molecule has 0 aromatic heterocycles. The zero-order valence-corrected chi connectivity index (χ0v) is 20.5. The van der Waals surface area contributed by atoms with Gasteiger partial charge in [-0.05, 0) is 61.0 Å². The van der Waals surface area contributed by atoms with Gasteiger partial charge in [-0.25, -0.2) is 8.42 Å². The summed E-state index contributed by atoms with van der Waals surface area (Å²) in [5.74, 6) is 0.0706. The molecule has 0 unspecified atom stereocenters. The topological polar surface area (TPSA) is 84.9 Å². The lowest BCUT2D eigenvalue weighted by Crippen LogP contribution is -2.38. The van der Waals surface area contributed by atoms with Crippen molar-refractivity contribution in [1.29, 1.82) is 0 Å². The zero-order chi connectivity index (χ0) is 24.2. The summed E-state index contributed by atoms with van der Waals surface area (Å²) in [7, 11) is -1.32. The molecule has 0 aliphatic heterocycles. The summed E-state index contributed by atoms with van der Waals surface area (Å²) in [6.07, 6.45) is 0. The molecule has 0 heterocycles. The molecule has 3 aromatic carbocycles. The van der Waals surface area contributed by atoms with Gasteiger partial charge in [0.05, 0.1) is 35.6 Å². The second-order valence-corrected chi connectivity index (χ2v) is 9.65. The molecular formula is C23H22Cl2N2O5S. The summed E-state index contributed by atoms with van der Waals surface area (Å²) >= 11 is 12.3. The smallest absolute Gasteiger partial charge is 0.268 e. The highest BCUT2D eigenvalue weighted by Crippen LogP contribution is 2.33.